The summed E-state index contributed by atoms with van der Waals surface area (Å²) in [4.78, 5) is 11.4. The molecule has 0 N–H and O–H groups in total. The molecule has 1 aliphatic carbocycles. The van der Waals surface area contributed by atoms with Crippen LogP contribution in [0.3, 0.4) is 0 Å². The van der Waals surface area contributed by atoms with E-state index in [0.717, 1.165) is 72.6 Å². The fourth-order valence-corrected chi connectivity index (χ4v) is 5.97. The van der Waals surface area contributed by atoms with Crippen molar-refractivity contribution in [3.8, 4) is 5.75 Å². The van der Waals surface area contributed by atoms with Crippen molar-refractivity contribution in [3.05, 3.63) is 93.9 Å². The second-order valence-corrected chi connectivity index (χ2v) is 10.7. The topological polar surface area (TPSA) is 53.3 Å². The monoisotopic (exact) mass is 544 g/mol. The van der Waals surface area contributed by atoms with Crippen LogP contribution in [0.5, 0.6) is 5.75 Å². The highest BCUT2D eigenvalue weighted by molar-refractivity contribution is 6.33. The van der Waals surface area contributed by atoms with Crippen LogP contribution in [-0.2, 0) is 4.74 Å². The third-order valence-corrected chi connectivity index (χ3v) is 8.28. The highest BCUT2D eigenvalue weighted by Gasteiger charge is 2.29. The number of hydrogen-bond donors (Lipinski definition) is 0. The standard InChI is InChI=1S/C32H30ClFN2O3/c1-38-24-13-14-25(27(33)18-24)31(21-5-4-6-21)30(22-10-8-20(19-37)9-11-22)23-12-15-28-26(17-23)32(34)35-36(28)29-7-2-3-16-39-29/h8-15,17-19,21,29H,2-7,16H2,1H3. The number of ether oxygens (including phenoxy) is 2. The van der Waals surface area contributed by atoms with Crippen molar-refractivity contribution in [3.63, 3.8) is 0 Å². The third kappa shape index (κ3) is 4.88. The first-order valence-corrected chi connectivity index (χ1v) is 13.9. The number of nitrogens with zero attached hydrogens (tertiary/aromatic N) is 2. The van der Waals surface area contributed by atoms with Crippen LogP contribution >= 0.6 is 11.6 Å². The Labute approximate surface area is 232 Å². The summed E-state index contributed by atoms with van der Waals surface area (Å²) in [5.41, 5.74) is 6.16. The van der Waals surface area contributed by atoms with Gasteiger partial charge in [0.15, 0.2) is 6.23 Å². The molecule has 1 aromatic heterocycles. The summed E-state index contributed by atoms with van der Waals surface area (Å²) in [6.45, 7) is 0.656. The van der Waals surface area contributed by atoms with Gasteiger partial charge in [-0.3, -0.25) is 4.79 Å². The molecule has 1 saturated carbocycles. The Morgan fingerprint density at radius 2 is 1.82 bits per heavy atom. The lowest BCUT2D eigenvalue weighted by Gasteiger charge is -2.32. The molecule has 3 aromatic carbocycles. The molecule has 1 aliphatic heterocycles. The Balaban J connectivity index is 1.58. The van der Waals surface area contributed by atoms with Gasteiger partial charge in [-0.2, -0.15) is 4.39 Å². The minimum atomic E-state index is -0.510. The van der Waals surface area contributed by atoms with Gasteiger partial charge in [0.05, 0.1) is 23.0 Å². The van der Waals surface area contributed by atoms with E-state index in [1.807, 2.05) is 60.7 Å². The summed E-state index contributed by atoms with van der Waals surface area (Å²) in [6, 6.07) is 19.1. The number of methoxy groups -OCH3 is 1. The number of allylic oxidation sites excluding steroid dienone is 1. The summed E-state index contributed by atoms with van der Waals surface area (Å²) >= 11 is 6.86. The van der Waals surface area contributed by atoms with E-state index in [2.05, 4.69) is 5.10 Å². The van der Waals surface area contributed by atoms with Crippen molar-refractivity contribution < 1.29 is 18.7 Å². The molecule has 1 saturated heterocycles. The lowest BCUT2D eigenvalue weighted by molar-refractivity contribution is -0.0375. The van der Waals surface area contributed by atoms with Crippen molar-refractivity contribution in [2.24, 2.45) is 5.92 Å². The normalized spacial score (nSPS) is 18.5. The fourth-order valence-electron chi connectivity index (χ4n) is 5.70. The summed E-state index contributed by atoms with van der Waals surface area (Å²) in [5.74, 6) is 0.481. The van der Waals surface area contributed by atoms with Crippen molar-refractivity contribution >= 4 is 39.9 Å². The van der Waals surface area contributed by atoms with Gasteiger partial charge < -0.3 is 9.47 Å². The molecular weight excluding hydrogens is 515 g/mol. The van der Waals surface area contributed by atoms with Gasteiger partial charge in [-0.05, 0) is 96.2 Å². The first-order valence-electron chi connectivity index (χ1n) is 13.5. The van der Waals surface area contributed by atoms with Gasteiger partial charge in [0.25, 0.3) is 0 Å². The van der Waals surface area contributed by atoms with E-state index in [1.165, 1.54) is 0 Å². The molecule has 2 fully saturated rings. The molecule has 0 radical (unpaired) electrons. The predicted octanol–water partition coefficient (Wildman–Crippen LogP) is 8.11. The molecule has 200 valence electrons. The van der Waals surface area contributed by atoms with Gasteiger partial charge in [-0.25, -0.2) is 4.68 Å². The Bertz CT molecular complexity index is 1550. The van der Waals surface area contributed by atoms with E-state index in [4.69, 9.17) is 21.1 Å². The second kappa shape index (κ2) is 10.9. The molecule has 0 spiro atoms. The lowest BCUT2D eigenvalue weighted by Crippen LogP contribution is -2.19. The molecule has 39 heavy (non-hydrogen) atoms. The number of carbonyl (C=O) groups is 1. The summed E-state index contributed by atoms with van der Waals surface area (Å²) in [7, 11) is 1.62. The van der Waals surface area contributed by atoms with Crippen molar-refractivity contribution in [1.82, 2.24) is 9.78 Å². The number of aromatic nitrogens is 2. The van der Waals surface area contributed by atoms with E-state index < -0.39 is 5.95 Å². The number of fused-ring (bicyclic) bond motifs is 1. The van der Waals surface area contributed by atoms with Crippen LogP contribution in [0, 0.1) is 11.9 Å². The average molecular weight is 545 g/mol. The Morgan fingerprint density at radius 3 is 2.46 bits per heavy atom. The Morgan fingerprint density at radius 1 is 1.03 bits per heavy atom. The zero-order valence-electron chi connectivity index (χ0n) is 21.8. The number of aldehydes is 1. The average Bonchev–Trinajstić information content (AvgIpc) is 3.28. The predicted molar refractivity (Wildman–Crippen MR) is 152 cm³/mol. The third-order valence-electron chi connectivity index (χ3n) is 7.96. The van der Waals surface area contributed by atoms with E-state index in [-0.39, 0.29) is 6.23 Å². The SMILES string of the molecule is COc1ccc(C(=C(c2ccc(C=O)cc2)c2ccc3c(c2)c(F)nn3C2CCCCO2)C2CCC2)c(Cl)c1. The van der Waals surface area contributed by atoms with Gasteiger partial charge in [-0.15, -0.1) is 5.10 Å². The first-order chi connectivity index (χ1) is 19.1. The van der Waals surface area contributed by atoms with E-state index in [9.17, 15) is 4.79 Å². The van der Waals surface area contributed by atoms with Crippen LogP contribution in [0.2, 0.25) is 5.02 Å². The quantitative estimate of drug-likeness (QED) is 0.174. The number of benzene rings is 3. The van der Waals surface area contributed by atoms with Crippen LogP contribution in [0.1, 0.15) is 71.8 Å². The smallest absolute Gasteiger partial charge is 0.240 e. The van der Waals surface area contributed by atoms with Crippen LogP contribution < -0.4 is 4.74 Å². The van der Waals surface area contributed by atoms with Gasteiger partial charge in [-0.1, -0.05) is 48.4 Å². The van der Waals surface area contributed by atoms with Crippen LogP contribution in [0.25, 0.3) is 22.0 Å². The van der Waals surface area contributed by atoms with Crippen molar-refractivity contribution in [2.75, 3.05) is 13.7 Å². The van der Waals surface area contributed by atoms with Gasteiger partial charge >= 0.3 is 0 Å². The summed E-state index contributed by atoms with van der Waals surface area (Å²) < 4.78 is 28.3. The number of carbonyl (C=O) groups excluding carboxylic acids is 1. The number of halogens is 2. The summed E-state index contributed by atoms with van der Waals surface area (Å²) in [5, 5.41) is 5.30. The molecule has 2 heterocycles. The second-order valence-electron chi connectivity index (χ2n) is 10.3. The zero-order chi connectivity index (χ0) is 26.9. The fraction of sp³-hybridized carbons (Fsp3) is 0.312. The molecule has 6 rings (SSSR count). The highest BCUT2D eigenvalue weighted by Crippen LogP contribution is 2.47. The molecule has 1 atom stereocenters. The van der Waals surface area contributed by atoms with Crippen LogP contribution in [0.15, 0.2) is 60.7 Å². The van der Waals surface area contributed by atoms with Gasteiger partial charge in [0, 0.05) is 12.2 Å². The molecular formula is C32H30ClFN2O3. The molecule has 0 bridgehead atoms. The largest absolute Gasteiger partial charge is 0.497 e. The minimum Gasteiger partial charge on any atom is -0.497 e. The van der Waals surface area contributed by atoms with Crippen molar-refractivity contribution in [2.45, 2.75) is 44.8 Å². The molecule has 7 heteroatoms. The van der Waals surface area contributed by atoms with E-state index in [0.29, 0.717) is 39.8 Å². The minimum absolute atomic E-state index is 0.258. The molecule has 1 unspecified atom stereocenters. The van der Waals surface area contributed by atoms with E-state index >= 15 is 4.39 Å². The number of rotatable bonds is 7. The van der Waals surface area contributed by atoms with Gasteiger partial charge in [0.2, 0.25) is 5.95 Å². The maximum atomic E-state index is 15.3. The first kappa shape index (κ1) is 25.8. The maximum Gasteiger partial charge on any atom is 0.240 e. The zero-order valence-corrected chi connectivity index (χ0v) is 22.6. The Hall–Kier alpha value is -3.48. The van der Waals surface area contributed by atoms with E-state index in [1.54, 1.807) is 11.8 Å². The van der Waals surface area contributed by atoms with Crippen LogP contribution in [0.4, 0.5) is 4.39 Å². The molecule has 5 nitrogen and oxygen atoms in total. The lowest BCUT2D eigenvalue weighted by atomic mass is 9.73. The number of hydrogen-bond acceptors (Lipinski definition) is 4. The Kier molecular flexibility index (Phi) is 7.24. The maximum absolute atomic E-state index is 15.3. The van der Waals surface area contributed by atoms with Gasteiger partial charge in [0.1, 0.15) is 12.0 Å². The van der Waals surface area contributed by atoms with Crippen LogP contribution in [-0.4, -0.2) is 29.8 Å². The molecule has 2 aliphatic rings. The van der Waals surface area contributed by atoms with Crippen molar-refractivity contribution in [1.29, 1.82) is 0 Å². The highest BCUT2D eigenvalue weighted by atomic mass is 35.5. The molecule has 0 amide bonds. The summed E-state index contributed by atoms with van der Waals surface area (Å²) in [6.07, 6.45) is 6.66. The molecule has 4 aromatic rings.